The highest BCUT2D eigenvalue weighted by molar-refractivity contribution is 8.49. The number of halogens is 2. The fourth-order valence-electron chi connectivity index (χ4n) is 11.7. The van der Waals surface area contributed by atoms with Crippen molar-refractivity contribution >= 4 is 82.0 Å². The van der Waals surface area contributed by atoms with E-state index in [9.17, 15) is 38.3 Å². The molecule has 2 amide bonds. The summed E-state index contributed by atoms with van der Waals surface area (Å²) in [6, 6.07) is 34.3. The second kappa shape index (κ2) is 31.6. The Bertz CT molecular complexity index is 4670. The smallest absolute Gasteiger partial charge is 0.492 e. The van der Waals surface area contributed by atoms with E-state index in [-0.39, 0.29) is 80.9 Å². The van der Waals surface area contributed by atoms with Crippen molar-refractivity contribution in [3.63, 3.8) is 0 Å². The molecule has 13 rings (SSSR count). The minimum atomic E-state index is -2.54. The summed E-state index contributed by atoms with van der Waals surface area (Å²) < 4.78 is 88.4. The maximum Gasteiger partial charge on any atom is 0.586 e. The number of methoxy groups -OCH3 is 1. The van der Waals surface area contributed by atoms with Crippen LogP contribution in [0.3, 0.4) is 0 Å². The zero-order valence-corrected chi connectivity index (χ0v) is 55.5. The summed E-state index contributed by atoms with van der Waals surface area (Å²) in [5.41, 5.74) is 6.95. The maximum atomic E-state index is 16.4. The van der Waals surface area contributed by atoms with Crippen molar-refractivity contribution in [3.8, 4) is 39.8 Å². The van der Waals surface area contributed by atoms with E-state index in [0.717, 1.165) is 22.5 Å². The third-order valence-corrected chi connectivity index (χ3v) is 19.1. The molecular formula is C68H65F2N15O14PS+. The number of hydrogen-bond donors (Lipinski definition) is 5. The van der Waals surface area contributed by atoms with E-state index in [2.05, 4.69) is 56.2 Å². The molecule has 3 aliphatic rings. The number of carbonyl (C=O) groups is 4. The molecule has 5 aromatic carbocycles. The number of aromatic nitrogens is 11. The molecule has 33 heteroatoms. The molecule has 1 unspecified atom stereocenters. The minimum absolute atomic E-state index is 0.00975. The lowest BCUT2D eigenvalue weighted by molar-refractivity contribution is -0.123. The summed E-state index contributed by atoms with van der Waals surface area (Å²) in [6.07, 6.45) is 0.383. The van der Waals surface area contributed by atoms with Gasteiger partial charge in [-0.15, -0.1) is 9.62 Å². The summed E-state index contributed by atoms with van der Waals surface area (Å²) in [5, 5.41) is 38.0. The molecule has 0 spiro atoms. The molecule has 2 saturated heterocycles. The van der Waals surface area contributed by atoms with E-state index in [1.54, 1.807) is 70.2 Å². The van der Waals surface area contributed by atoms with Gasteiger partial charge in [0, 0.05) is 43.6 Å². The predicted molar refractivity (Wildman–Crippen MR) is 363 cm³/mol. The van der Waals surface area contributed by atoms with Crippen LogP contribution in [0.4, 0.5) is 26.1 Å². The highest BCUT2D eigenvalue weighted by atomic mass is 32.7. The van der Waals surface area contributed by atoms with Crippen LogP contribution in [-0.2, 0) is 51.7 Å². The van der Waals surface area contributed by atoms with Crippen LogP contribution < -0.4 is 35.1 Å². The number of ether oxygens (including phenoxy) is 6. The number of hydrogen-bond acceptors (Lipinski definition) is 25. The van der Waals surface area contributed by atoms with Crippen LogP contribution in [-0.4, -0.2) is 172 Å². The minimum Gasteiger partial charge on any atom is -0.492 e. The van der Waals surface area contributed by atoms with Gasteiger partial charge >= 0.3 is 19.2 Å². The van der Waals surface area contributed by atoms with Gasteiger partial charge in [-0.3, -0.25) is 18.7 Å². The number of benzene rings is 5. The quantitative estimate of drug-likeness (QED) is 0.0133. The number of carbonyl (C=O) groups excluding carboxylic acids is 4. The molecule has 0 aliphatic carbocycles. The molecule has 520 valence electrons. The van der Waals surface area contributed by atoms with Crippen molar-refractivity contribution in [1.29, 1.82) is 0 Å². The van der Waals surface area contributed by atoms with E-state index < -0.39 is 74.8 Å². The standard InChI is InChI=1S/C68H64F2N15O14PS/c1-93-67(90)41-14-22-45(23-15-41)95-34-53(88)71-27-24-54(89)82-31-43-8-2-3-9-48(43)56-59(49-10-4-5-11-51(49)82)85(81-80-56)28-29-94-44-20-16-42(17-21-44)68(91)97-46-18-12-40(13-19-46)35-101-100(92)99-60-52(33-87)98-66(55(60)70)84-39-79-58-62(75-37-77-64(58)84)73-26-7-6-25-72-61-57-63(76-36-74-61)83(38-78-57)65-50(69)30-47(32-86)96-65/h2-23,36-39,47,50,52,55,60,65-66,86-87H,24-35H2,1H3,(H2-,71,72,73,74,75,76,77,88)/p+1/b7-6+/t47-,50+,52+,55+,60+,65+,66+/m0/s1. The number of nitrogens with zero attached hydrogens (tertiary/aromatic N) is 12. The Labute approximate surface area is 578 Å². The van der Waals surface area contributed by atoms with Crippen LogP contribution in [0.25, 0.3) is 44.8 Å². The topological polar surface area (TPSA) is 348 Å². The summed E-state index contributed by atoms with van der Waals surface area (Å²) in [4.78, 5) is 79.7. The van der Waals surface area contributed by atoms with Crippen LogP contribution >= 0.6 is 18.6 Å². The molecule has 101 heavy (non-hydrogen) atoms. The Morgan fingerprint density at radius 2 is 1.36 bits per heavy atom. The number of anilines is 3. The van der Waals surface area contributed by atoms with E-state index in [4.69, 9.17) is 32.9 Å². The summed E-state index contributed by atoms with van der Waals surface area (Å²) in [7, 11) is -1.25. The van der Waals surface area contributed by atoms with Crippen molar-refractivity contribution < 1.29 is 75.7 Å². The molecule has 29 nitrogen and oxygen atoms in total. The molecule has 8 heterocycles. The molecule has 10 aromatic rings. The molecule has 5 N–H and O–H groups in total. The van der Waals surface area contributed by atoms with Crippen molar-refractivity contribution in [1.82, 2.24) is 59.3 Å². The average Bonchev–Trinajstić information content (AvgIpc) is 1.71. The van der Waals surface area contributed by atoms with Gasteiger partial charge in [0.05, 0.1) is 80.4 Å². The molecule has 5 aromatic heterocycles. The van der Waals surface area contributed by atoms with E-state index in [0.29, 0.717) is 86.7 Å². The molecule has 0 saturated carbocycles. The lowest BCUT2D eigenvalue weighted by Gasteiger charge is -2.29. The van der Waals surface area contributed by atoms with Gasteiger partial charge < -0.3 is 59.5 Å². The Balaban J connectivity index is 0.555. The first-order chi connectivity index (χ1) is 49.3. The number of amides is 2. The fraction of sp³-hybridized carbons (Fsp3) is 0.294. The average molecular weight is 1420 g/mol. The van der Waals surface area contributed by atoms with E-state index >= 15 is 4.39 Å². The van der Waals surface area contributed by atoms with Crippen LogP contribution in [0.1, 0.15) is 57.1 Å². The van der Waals surface area contributed by atoms with Gasteiger partial charge in [0.15, 0.2) is 76.7 Å². The summed E-state index contributed by atoms with van der Waals surface area (Å²) in [6.45, 7) is 0.125. The van der Waals surface area contributed by atoms with Crippen LogP contribution in [0, 0.1) is 0 Å². The van der Waals surface area contributed by atoms with Gasteiger partial charge in [-0.05, 0) is 82.4 Å². The maximum absolute atomic E-state index is 16.4. The number of esters is 2. The van der Waals surface area contributed by atoms with Gasteiger partial charge in [0.1, 0.15) is 54.5 Å². The van der Waals surface area contributed by atoms with Crippen molar-refractivity contribution in [2.24, 2.45) is 0 Å². The third-order valence-electron chi connectivity index (χ3n) is 16.7. The first kappa shape index (κ1) is 68.8. The third kappa shape index (κ3) is 15.5. The number of aliphatic hydroxyl groups is 2. The Morgan fingerprint density at radius 3 is 2.02 bits per heavy atom. The van der Waals surface area contributed by atoms with Crippen LogP contribution in [0.5, 0.6) is 17.2 Å². The molecule has 0 radical (unpaired) electrons. The van der Waals surface area contributed by atoms with Gasteiger partial charge in [-0.25, -0.2) is 53.0 Å². The SMILES string of the molecule is COC(=O)c1ccc(OCC(=O)NCCC(=O)N2Cc3ccccc3-c3nnn(CCOc4ccc(C(=O)Oc5ccc(CS[P+](=O)O[C@H]6[C@@H](F)[C@H](n7cnc8c(NC/C=C/CNc9ncnc%10c9ncn%10[C@@H]9O[C@H](CO)C[C@H]9F)ncnc87)O[C@@H]6CO)cc5)cc4)c3-c3ccccc32)cc1. The Kier molecular flexibility index (Phi) is 21.5. The molecule has 0 bridgehead atoms. The first-order valence-electron chi connectivity index (χ1n) is 31.9. The predicted octanol–water partition coefficient (Wildman–Crippen LogP) is 8.31. The zero-order valence-electron chi connectivity index (χ0n) is 53.8. The normalized spacial score (nSPS) is 18.7. The molecule has 8 atom stereocenters. The van der Waals surface area contributed by atoms with E-state index in [1.165, 1.54) is 53.7 Å². The second-order valence-corrected chi connectivity index (χ2v) is 26.0. The van der Waals surface area contributed by atoms with Gasteiger partial charge in [0.2, 0.25) is 5.91 Å². The van der Waals surface area contributed by atoms with E-state index in [1.807, 2.05) is 60.7 Å². The highest BCUT2D eigenvalue weighted by Crippen LogP contribution is 2.48. The number of fused-ring (bicyclic) bond motifs is 7. The number of nitrogens with one attached hydrogen (secondary N) is 3. The zero-order chi connectivity index (χ0) is 69.9. The number of rotatable bonds is 28. The lowest BCUT2D eigenvalue weighted by atomic mass is 9.95. The molecule has 2 fully saturated rings. The number of alkyl halides is 2. The van der Waals surface area contributed by atoms with Crippen molar-refractivity contribution in [3.05, 3.63) is 181 Å². The molecule has 3 aliphatic heterocycles. The van der Waals surface area contributed by atoms with Crippen molar-refractivity contribution in [2.45, 2.75) is 74.8 Å². The first-order valence-corrected chi connectivity index (χ1v) is 34.7. The monoisotopic (exact) mass is 1420 g/mol. The van der Waals surface area contributed by atoms with Crippen molar-refractivity contribution in [2.75, 3.05) is 68.7 Å². The Morgan fingerprint density at radius 1 is 0.723 bits per heavy atom. The second-order valence-electron chi connectivity index (χ2n) is 23.1. The fourth-order valence-corrected chi connectivity index (χ4v) is 13.9. The number of imidazole rings is 2. The number of para-hydroxylation sites is 1. The lowest BCUT2D eigenvalue weighted by Crippen LogP contribution is -2.36. The molecular weight excluding hydrogens is 1350 g/mol. The Hall–Kier alpha value is -10.7. The van der Waals surface area contributed by atoms with Gasteiger partial charge in [-0.2, -0.15) is 0 Å². The largest absolute Gasteiger partial charge is 0.586 e. The van der Waals surface area contributed by atoms with Crippen LogP contribution in [0.2, 0.25) is 0 Å². The highest BCUT2D eigenvalue weighted by Gasteiger charge is 2.52. The summed E-state index contributed by atoms with van der Waals surface area (Å²) >= 11 is 0.916. The van der Waals surface area contributed by atoms with Gasteiger partial charge in [-0.1, -0.05) is 72.0 Å². The number of aliphatic hydroxyl groups excluding tert-OH is 2. The van der Waals surface area contributed by atoms with Gasteiger partial charge in [0.25, 0.3) is 5.91 Å². The summed E-state index contributed by atoms with van der Waals surface area (Å²) in [5.74, 6) is 0.302. The van der Waals surface area contributed by atoms with Crippen LogP contribution in [0.15, 0.2) is 159 Å².